The number of ether oxygens (including phenoxy) is 1. The third-order valence-electron chi connectivity index (χ3n) is 7.55. The Balaban J connectivity index is 1.76. The lowest BCUT2D eigenvalue weighted by Crippen LogP contribution is -2.46. The number of aromatic nitrogens is 2. The van der Waals surface area contributed by atoms with Crippen molar-refractivity contribution in [2.75, 3.05) is 12.4 Å². The maximum Gasteiger partial charge on any atom is 0.271 e. The molecule has 0 radical (unpaired) electrons. The molecule has 0 bridgehead atoms. The van der Waals surface area contributed by atoms with E-state index in [0.717, 1.165) is 48.3 Å². The normalized spacial score (nSPS) is 23.2. The van der Waals surface area contributed by atoms with Gasteiger partial charge in [-0.05, 0) is 57.1 Å². The molecule has 2 aromatic rings. The predicted octanol–water partition coefficient (Wildman–Crippen LogP) is 5.52. The van der Waals surface area contributed by atoms with Crippen LogP contribution < -0.4 is 5.56 Å². The molecule has 1 spiro atoms. The summed E-state index contributed by atoms with van der Waals surface area (Å²) >= 11 is 1.59. The molecule has 1 aromatic carbocycles. The molecule has 1 aromatic heterocycles. The SMILES string of the molecule is C#CCSc1nn(C2CCOC(C)(C)C2)c(=O)c2c1-c1ccccc1CC21CCCCC1. The summed E-state index contributed by atoms with van der Waals surface area (Å²) in [5.41, 5.74) is 4.36. The monoisotopic (exact) mass is 448 g/mol. The largest absolute Gasteiger partial charge is 0.375 e. The molecule has 5 rings (SSSR count). The van der Waals surface area contributed by atoms with Crippen LogP contribution in [0.2, 0.25) is 0 Å². The average molecular weight is 449 g/mol. The summed E-state index contributed by atoms with van der Waals surface area (Å²) in [5, 5.41) is 5.92. The second-order valence-electron chi connectivity index (χ2n) is 10.2. The number of hydrogen-bond acceptors (Lipinski definition) is 4. The van der Waals surface area contributed by atoms with Gasteiger partial charge in [-0.15, -0.1) is 6.42 Å². The number of nitrogens with zero attached hydrogens (tertiary/aromatic N) is 2. The number of benzene rings is 1. The fraction of sp³-hybridized carbons (Fsp3) is 0.556. The molecule has 2 heterocycles. The van der Waals surface area contributed by atoms with Gasteiger partial charge in [0.05, 0.1) is 17.4 Å². The number of terminal acetylenes is 1. The molecule has 0 N–H and O–H groups in total. The van der Waals surface area contributed by atoms with Crippen molar-refractivity contribution in [1.82, 2.24) is 9.78 Å². The van der Waals surface area contributed by atoms with E-state index in [2.05, 4.69) is 44.0 Å². The van der Waals surface area contributed by atoms with Crippen LogP contribution in [0.3, 0.4) is 0 Å². The lowest BCUT2D eigenvalue weighted by molar-refractivity contribution is -0.0718. The highest BCUT2D eigenvalue weighted by Gasteiger charge is 2.44. The first-order chi connectivity index (χ1) is 15.4. The van der Waals surface area contributed by atoms with E-state index in [1.807, 2.05) is 4.68 Å². The molecule has 1 saturated heterocycles. The molecule has 2 fully saturated rings. The average Bonchev–Trinajstić information content (AvgIpc) is 2.78. The van der Waals surface area contributed by atoms with Gasteiger partial charge in [-0.25, -0.2) is 4.68 Å². The van der Waals surface area contributed by atoms with Crippen molar-refractivity contribution >= 4 is 11.8 Å². The lowest BCUT2D eigenvalue weighted by Gasteiger charge is -2.43. The highest BCUT2D eigenvalue weighted by atomic mass is 32.2. The Bertz CT molecular complexity index is 1120. The van der Waals surface area contributed by atoms with Crippen LogP contribution in [0.15, 0.2) is 34.1 Å². The summed E-state index contributed by atoms with van der Waals surface area (Å²) in [6.45, 7) is 4.87. The molecular formula is C27H32N2O2S. The first-order valence-corrected chi connectivity index (χ1v) is 12.9. The van der Waals surface area contributed by atoms with E-state index in [4.69, 9.17) is 16.3 Å². The van der Waals surface area contributed by atoms with Gasteiger partial charge >= 0.3 is 0 Å². The van der Waals surface area contributed by atoms with E-state index in [1.165, 1.54) is 30.4 Å². The minimum Gasteiger partial charge on any atom is -0.375 e. The Hall–Kier alpha value is -2.03. The van der Waals surface area contributed by atoms with Gasteiger partial charge < -0.3 is 4.74 Å². The smallest absolute Gasteiger partial charge is 0.271 e. The number of thioether (sulfide) groups is 1. The lowest BCUT2D eigenvalue weighted by atomic mass is 9.61. The van der Waals surface area contributed by atoms with Crippen molar-refractivity contribution in [1.29, 1.82) is 0 Å². The summed E-state index contributed by atoms with van der Waals surface area (Å²) in [7, 11) is 0. The van der Waals surface area contributed by atoms with E-state index in [1.54, 1.807) is 11.8 Å². The van der Waals surface area contributed by atoms with Crippen LogP contribution in [0.4, 0.5) is 0 Å². The molecular weight excluding hydrogens is 416 g/mol. The van der Waals surface area contributed by atoms with E-state index in [-0.39, 0.29) is 22.6 Å². The first kappa shape index (κ1) is 21.8. The van der Waals surface area contributed by atoms with Crippen molar-refractivity contribution in [2.45, 2.75) is 87.3 Å². The van der Waals surface area contributed by atoms with Gasteiger partial charge in [0, 0.05) is 23.1 Å². The van der Waals surface area contributed by atoms with Crippen LogP contribution in [0.5, 0.6) is 0 Å². The van der Waals surface area contributed by atoms with E-state index < -0.39 is 0 Å². The molecule has 2 aliphatic carbocycles. The fourth-order valence-electron chi connectivity index (χ4n) is 6.16. The molecule has 4 nitrogen and oxygen atoms in total. The Labute approximate surface area is 195 Å². The van der Waals surface area contributed by atoms with E-state index in [9.17, 15) is 4.79 Å². The molecule has 0 amide bonds. The Morgan fingerprint density at radius 1 is 1.25 bits per heavy atom. The maximum absolute atomic E-state index is 14.2. The molecule has 3 aliphatic rings. The second-order valence-corrected chi connectivity index (χ2v) is 11.2. The molecule has 1 unspecified atom stereocenters. The Kier molecular flexibility index (Phi) is 5.72. The van der Waals surface area contributed by atoms with E-state index in [0.29, 0.717) is 12.4 Å². The fourth-order valence-corrected chi connectivity index (χ4v) is 6.88. The van der Waals surface area contributed by atoms with Crippen LogP contribution in [-0.4, -0.2) is 27.7 Å². The van der Waals surface area contributed by atoms with Gasteiger partial charge in [0.25, 0.3) is 5.56 Å². The molecule has 1 aliphatic heterocycles. The predicted molar refractivity (Wildman–Crippen MR) is 130 cm³/mol. The quantitative estimate of drug-likeness (QED) is 0.458. The summed E-state index contributed by atoms with van der Waals surface area (Å²) < 4.78 is 7.76. The van der Waals surface area contributed by atoms with Gasteiger partial charge in [-0.2, -0.15) is 5.10 Å². The van der Waals surface area contributed by atoms with Gasteiger partial charge in [0.15, 0.2) is 0 Å². The number of rotatable bonds is 3. The Morgan fingerprint density at radius 2 is 2.03 bits per heavy atom. The van der Waals surface area contributed by atoms with Gasteiger partial charge in [-0.3, -0.25) is 4.79 Å². The van der Waals surface area contributed by atoms with Crippen molar-refractivity contribution in [3.05, 3.63) is 45.7 Å². The summed E-state index contributed by atoms with van der Waals surface area (Å²) in [6.07, 6.45) is 14.0. The van der Waals surface area contributed by atoms with Gasteiger partial charge in [0.1, 0.15) is 5.03 Å². The third kappa shape index (κ3) is 3.72. The maximum atomic E-state index is 14.2. The van der Waals surface area contributed by atoms with Crippen LogP contribution in [0.1, 0.15) is 76.0 Å². The molecule has 5 heteroatoms. The van der Waals surface area contributed by atoms with Gasteiger partial charge in [0.2, 0.25) is 0 Å². The van der Waals surface area contributed by atoms with Crippen LogP contribution >= 0.6 is 11.8 Å². The van der Waals surface area contributed by atoms with Crippen molar-refractivity contribution in [3.63, 3.8) is 0 Å². The summed E-state index contributed by atoms with van der Waals surface area (Å²) in [5.74, 6) is 3.31. The standard InChI is InChI=1S/C27H32N2O2S/c1-4-16-32-24-22-21-11-7-6-10-19(21)17-27(13-8-5-9-14-27)23(22)25(30)29(28-24)20-12-15-31-26(2,3)18-20/h1,6-7,10-11,20H,5,8-9,12-18H2,2-3H3. The van der Waals surface area contributed by atoms with Gasteiger partial charge in [-0.1, -0.05) is 61.2 Å². The highest BCUT2D eigenvalue weighted by molar-refractivity contribution is 7.99. The minimum absolute atomic E-state index is 0.0551. The van der Waals surface area contributed by atoms with Crippen LogP contribution in [0.25, 0.3) is 11.1 Å². The van der Waals surface area contributed by atoms with Crippen LogP contribution in [0, 0.1) is 12.3 Å². The highest BCUT2D eigenvalue weighted by Crippen LogP contribution is 2.51. The zero-order valence-electron chi connectivity index (χ0n) is 19.2. The van der Waals surface area contributed by atoms with Crippen LogP contribution in [-0.2, 0) is 16.6 Å². The first-order valence-electron chi connectivity index (χ1n) is 11.9. The molecule has 1 atom stereocenters. The molecule has 32 heavy (non-hydrogen) atoms. The third-order valence-corrected chi connectivity index (χ3v) is 8.42. The minimum atomic E-state index is -0.249. The molecule has 168 valence electrons. The Morgan fingerprint density at radius 3 is 2.78 bits per heavy atom. The number of fused-ring (bicyclic) bond motifs is 4. The zero-order valence-corrected chi connectivity index (χ0v) is 20.0. The van der Waals surface area contributed by atoms with Crippen molar-refractivity contribution in [2.24, 2.45) is 0 Å². The molecule has 1 saturated carbocycles. The summed E-state index contributed by atoms with van der Waals surface area (Å²) in [4.78, 5) is 14.2. The van der Waals surface area contributed by atoms with E-state index >= 15 is 0 Å². The summed E-state index contributed by atoms with van der Waals surface area (Å²) in [6, 6.07) is 8.64. The van der Waals surface area contributed by atoms with Crippen molar-refractivity contribution in [3.8, 4) is 23.5 Å². The van der Waals surface area contributed by atoms with Crippen molar-refractivity contribution < 1.29 is 4.74 Å². The second kappa shape index (κ2) is 8.39. The topological polar surface area (TPSA) is 44.1 Å². The zero-order chi connectivity index (χ0) is 22.3. The number of hydrogen-bond donors (Lipinski definition) is 0.